The van der Waals surface area contributed by atoms with E-state index in [-0.39, 0.29) is 11.7 Å². The normalized spacial score (nSPS) is 20.6. The predicted octanol–water partition coefficient (Wildman–Crippen LogP) is 2.21. The summed E-state index contributed by atoms with van der Waals surface area (Å²) < 4.78 is 23.8. The highest BCUT2D eigenvalue weighted by Gasteiger charge is 2.31. The molecule has 0 saturated carbocycles. The van der Waals surface area contributed by atoms with Crippen LogP contribution in [0.25, 0.3) is 0 Å². The summed E-state index contributed by atoms with van der Waals surface area (Å²) >= 11 is 0. The topological polar surface area (TPSA) is 47.6 Å². The van der Waals surface area contributed by atoms with Crippen LogP contribution in [0.3, 0.4) is 0 Å². The molecule has 2 atom stereocenters. The molecule has 1 N–H and O–H groups in total. The third kappa shape index (κ3) is 3.44. The van der Waals surface area contributed by atoms with Gasteiger partial charge in [-0.25, -0.2) is 9.18 Å². The molecule has 0 radical (unpaired) electrons. The van der Waals surface area contributed by atoms with Gasteiger partial charge in [0.2, 0.25) is 0 Å². The van der Waals surface area contributed by atoms with Crippen LogP contribution in [0.2, 0.25) is 0 Å². The van der Waals surface area contributed by atoms with Gasteiger partial charge >= 0.3 is 5.97 Å². The maximum absolute atomic E-state index is 13.6. The molecule has 0 aliphatic carbocycles. The second-order valence-electron chi connectivity index (χ2n) is 4.60. The number of para-hydroxylation sites is 1. The lowest BCUT2D eigenvalue weighted by molar-refractivity contribution is -0.144. The van der Waals surface area contributed by atoms with Crippen molar-refractivity contribution < 1.29 is 18.7 Å². The van der Waals surface area contributed by atoms with Gasteiger partial charge in [-0.1, -0.05) is 12.1 Å². The summed E-state index contributed by atoms with van der Waals surface area (Å²) in [6, 6.07) is 5.71. The SMILES string of the molecule is COC(=O)C(Nc1ccccc1F)C1CCCOC1. The fourth-order valence-electron chi connectivity index (χ4n) is 2.27. The molecule has 1 fully saturated rings. The Kier molecular flexibility index (Phi) is 4.74. The zero-order valence-corrected chi connectivity index (χ0v) is 10.9. The number of benzene rings is 1. The van der Waals surface area contributed by atoms with Crippen molar-refractivity contribution in [2.24, 2.45) is 5.92 Å². The minimum atomic E-state index is -0.581. The van der Waals surface area contributed by atoms with E-state index in [4.69, 9.17) is 9.47 Å². The monoisotopic (exact) mass is 267 g/mol. The van der Waals surface area contributed by atoms with Crippen molar-refractivity contribution in [2.75, 3.05) is 25.6 Å². The Morgan fingerprint density at radius 2 is 2.32 bits per heavy atom. The average Bonchev–Trinajstić information content (AvgIpc) is 2.46. The van der Waals surface area contributed by atoms with Crippen LogP contribution in [0.5, 0.6) is 0 Å². The number of carbonyl (C=O) groups is 1. The highest BCUT2D eigenvalue weighted by Crippen LogP contribution is 2.23. The molecule has 0 amide bonds. The molecule has 1 saturated heterocycles. The molecule has 2 unspecified atom stereocenters. The Labute approximate surface area is 111 Å². The number of hydrogen-bond donors (Lipinski definition) is 1. The highest BCUT2D eigenvalue weighted by molar-refractivity contribution is 5.79. The summed E-state index contributed by atoms with van der Waals surface area (Å²) in [5, 5.41) is 2.94. The number of anilines is 1. The molecular formula is C14H18FNO3. The lowest BCUT2D eigenvalue weighted by Gasteiger charge is -2.29. The predicted molar refractivity (Wildman–Crippen MR) is 69.4 cm³/mol. The molecule has 0 bridgehead atoms. The third-order valence-electron chi connectivity index (χ3n) is 3.31. The molecule has 0 aromatic heterocycles. The lowest BCUT2D eigenvalue weighted by atomic mass is 9.93. The van der Waals surface area contributed by atoms with Crippen molar-refractivity contribution in [2.45, 2.75) is 18.9 Å². The smallest absolute Gasteiger partial charge is 0.328 e. The summed E-state index contributed by atoms with van der Waals surface area (Å²) in [6.45, 7) is 1.20. The number of hydrogen-bond acceptors (Lipinski definition) is 4. The number of methoxy groups -OCH3 is 1. The van der Waals surface area contributed by atoms with Gasteiger partial charge in [0.25, 0.3) is 0 Å². The molecule has 1 aromatic rings. The van der Waals surface area contributed by atoms with E-state index in [2.05, 4.69) is 5.32 Å². The second-order valence-corrected chi connectivity index (χ2v) is 4.60. The van der Waals surface area contributed by atoms with Crippen LogP contribution in [-0.4, -0.2) is 32.3 Å². The molecule has 19 heavy (non-hydrogen) atoms. The fourth-order valence-corrected chi connectivity index (χ4v) is 2.27. The van der Waals surface area contributed by atoms with Crippen molar-refractivity contribution in [3.8, 4) is 0 Å². The highest BCUT2D eigenvalue weighted by atomic mass is 19.1. The standard InChI is InChI=1S/C14H18FNO3/c1-18-14(17)13(10-5-4-8-19-9-10)16-12-7-3-2-6-11(12)15/h2-3,6-7,10,13,16H,4-5,8-9H2,1H3. The molecule has 1 aromatic carbocycles. The Morgan fingerprint density at radius 3 is 2.95 bits per heavy atom. The van der Waals surface area contributed by atoms with Crippen LogP contribution in [0, 0.1) is 11.7 Å². The second kappa shape index (κ2) is 6.52. The number of nitrogens with one attached hydrogen (secondary N) is 1. The van der Waals surface area contributed by atoms with Crippen molar-refractivity contribution in [3.63, 3.8) is 0 Å². The Hall–Kier alpha value is -1.62. The van der Waals surface area contributed by atoms with Crippen molar-refractivity contribution in [1.82, 2.24) is 0 Å². The first kappa shape index (κ1) is 13.8. The van der Waals surface area contributed by atoms with E-state index in [9.17, 15) is 9.18 Å². The first-order chi connectivity index (χ1) is 9.22. The molecular weight excluding hydrogens is 249 g/mol. The number of ether oxygens (including phenoxy) is 2. The van der Waals surface area contributed by atoms with E-state index in [1.54, 1.807) is 18.2 Å². The minimum Gasteiger partial charge on any atom is -0.467 e. The molecule has 2 rings (SSSR count). The number of halogens is 1. The molecule has 0 spiro atoms. The van der Waals surface area contributed by atoms with Gasteiger partial charge in [0, 0.05) is 12.5 Å². The summed E-state index contributed by atoms with van der Waals surface area (Å²) in [5.74, 6) is -0.771. The van der Waals surface area contributed by atoms with Crippen LogP contribution in [0.4, 0.5) is 10.1 Å². The first-order valence-corrected chi connectivity index (χ1v) is 6.39. The van der Waals surface area contributed by atoms with E-state index in [0.29, 0.717) is 18.9 Å². The van der Waals surface area contributed by atoms with Crippen molar-refractivity contribution in [1.29, 1.82) is 0 Å². The van der Waals surface area contributed by atoms with Gasteiger partial charge < -0.3 is 14.8 Å². The molecule has 1 aliphatic heterocycles. The molecule has 4 nitrogen and oxygen atoms in total. The van der Waals surface area contributed by atoms with E-state index in [1.807, 2.05) is 0 Å². The van der Waals surface area contributed by atoms with Crippen LogP contribution in [0.15, 0.2) is 24.3 Å². The van der Waals surface area contributed by atoms with E-state index >= 15 is 0 Å². The quantitative estimate of drug-likeness (QED) is 0.850. The number of esters is 1. The van der Waals surface area contributed by atoms with Crippen LogP contribution < -0.4 is 5.32 Å². The van der Waals surface area contributed by atoms with Gasteiger partial charge in [0.15, 0.2) is 0 Å². The molecule has 5 heteroatoms. The van der Waals surface area contributed by atoms with Crippen LogP contribution >= 0.6 is 0 Å². The van der Waals surface area contributed by atoms with Crippen LogP contribution in [-0.2, 0) is 14.3 Å². The van der Waals surface area contributed by atoms with Gasteiger partial charge in [0.1, 0.15) is 11.9 Å². The third-order valence-corrected chi connectivity index (χ3v) is 3.31. The zero-order chi connectivity index (χ0) is 13.7. The van der Waals surface area contributed by atoms with Crippen molar-refractivity contribution in [3.05, 3.63) is 30.1 Å². The summed E-state index contributed by atoms with van der Waals surface area (Å²) in [7, 11) is 1.34. The summed E-state index contributed by atoms with van der Waals surface area (Å²) in [4.78, 5) is 11.9. The van der Waals surface area contributed by atoms with Crippen molar-refractivity contribution >= 4 is 11.7 Å². The maximum atomic E-state index is 13.6. The molecule has 104 valence electrons. The largest absolute Gasteiger partial charge is 0.467 e. The zero-order valence-electron chi connectivity index (χ0n) is 10.9. The Balaban J connectivity index is 2.13. The van der Waals surface area contributed by atoms with Crippen LogP contribution in [0.1, 0.15) is 12.8 Å². The van der Waals surface area contributed by atoms with E-state index < -0.39 is 12.0 Å². The average molecular weight is 267 g/mol. The molecule has 1 aliphatic rings. The lowest BCUT2D eigenvalue weighted by Crippen LogP contribution is -2.41. The van der Waals surface area contributed by atoms with E-state index in [1.165, 1.54) is 13.2 Å². The molecule has 1 heterocycles. The summed E-state index contributed by atoms with van der Waals surface area (Å²) in [5.41, 5.74) is 0.309. The van der Waals surface area contributed by atoms with E-state index in [0.717, 1.165) is 12.8 Å². The minimum absolute atomic E-state index is 0.000746. The Bertz CT molecular complexity index is 432. The number of carbonyl (C=O) groups excluding carboxylic acids is 1. The summed E-state index contributed by atoms with van der Waals surface area (Å²) in [6.07, 6.45) is 1.76. The first-order valence-electron chi connectivity index (χ1n) is 6.39. The van der Waals surface area contributed by atoms with Gasteiger partial charge in [-0.15, -0.1) is 0 Å². The van der Waals surface area contributed by atoms with Gasteiger partial charge in [-0.3, -0.25) is 0 Å². The Morgan fingerprint density at radius 1 is 1.53 bits per heavy atom. The van der Waals surface area contributed by atoms with Gasteiger partial charge in [-0.05, 0) is 25.0 Å². The van der Waals surface area contributed by atoms with Gasteiger partial charge in [-0.2, -0.15) is 0 Å². The number of rotatable bonds is 4. The fraction of sp³-hybridized carbons (Fsp3) is 0.500. The maximum Gasteiger partial charge on any atom is 0.328 e. The van der Waals surface area contributed by atoms with Gasteiger partial charge in [0.05, 0.1) is 19.4 Å².